The van der Waals surface area contributed by atoms with Crippen LogP contribution in [0.3, 0.4) is 0 Å². The summed E-state index contributed by atoms with van der Waals surface area (Å²) >= 11 is 0. The Kier molecular flexibility index (Phi) is 1.97. The Labute approximate surface area is 106 Å². The largest absolute Gasteiger partial charge is 0.386 e. The van der Waals surface area contributed by atoms with Crippen molar-refractivity contribution in [2.24, 2.45) is 0 Å². The monoisotopic (exact) mass is 237 g/mol. The Morgan fingerprint density at radius 3 is 2.00 bits per heavy atom. The van der Waals surface area contributed by atoms with E-state index in [0.717, 1.165) is 5.56 Å². The van der Waals surface area contributed by atoms with Gasteiger partial charge in [0.15, 0.2) is 0 Å². The van der Waals surface area contributed by atoms with E-state index < -0.39 is 6.10 Å². The lowest BCUT2D eigenvalue weighted by Crippen LogP contribution is -2.32. The predicted octanol–water partition coefficient (Wildman–Crippen LogP) is 2.81. The molecule has 2 nitrogen and oxygen atoms in total. The van der Waals surface area contributed by atoms with Crippen LogP contribution in [0.15, 0.2) is 48.5 Å². The van der Waals surface area contributed by atoms with Crippen molar-refractivity contribution in [2.75, 3.05) is 7.05 Å². The minimum atomic E-state index is -0.425. The van der Waals surface area contributed by atoms with Crippen LogP contribution in [0.25, 0.3) is 0 Å². The summed E-state index contributed by atoms with van der Waals surface area (Å²) in [6.45, 7) is 0. The van der Waals surface area contributed by atoms with Gasteiger partial charge in [0.2, 0.25) is 0 Å². The summed E-state index contributed by atoms with van der Waals surface area (Å²) in [4.78, 5) is 2.29. The maximum atomic E-state index is 10.6. The molecule has 18 heavy (non-hydrogen) atoms. The fourth-order valence-corrected chi connectivity index (χ4v) is 3.61. The quantitative estimate of drug-likeness (QED) is 0.761. The van der Waals surface area contributed by atoms with E-state index in [9.17, 15) is 5.11 Å². The molecule has 0 spiro atoms. The minimum absolute atomic E-state index is 0.0982. The van der Waals surface area contributed by atoms with Gasteiger partial charge in [-0.05, 0) is 29.3 Å². The number of nitrogens with zero attached hydrogens (tertiary/aromatic N) is 1. The average molecular weight is 237 g/mol. The first-order valence-corrected chi connectivity index (χ1v) is 6.36. The number of benzene rings is 2. The molecule has 2 aromatic rings. The Balaban J connectivity index is 2.04. The predicted molar refractivity (Wildman–Crippen MR) is 70.2 cm³/mol. The summed E-state index contributed by atoms with van der Waals surface area (Å²) < 4.78 is 0. The molecule has 3 atom stereocenters. The number of aliphatic hydroxyl groups is 1. The lowest BCUT2D eigenvalue weighted by atomic mass is 9.90. The van der Waals surface area contributed by atoms with E-state index in [1.807, 2.05) is 6.07 Å². The first-order valence-electron chi connectivity index (χ1n) is 6.36. The molecule has 2 heteroatoms. The third-order valence-corrected chi connectivity index (χ3v) is 4.36. The van der Waals surface area contributed by atoms with Crippen LogP contribution < -0.4 is 0 Å². The highest BCUT2D eigenvalue weighted by atomic mass is 16.3. The van der Waals surface area contributed by atoms with E-state index >= 15 is 0 Å². The molecule has 1 N–H and O–H groups in total. The van der Waals surface area contributed by atoms with Crippen molar-refractivity contribution in [2.45, 2.75) is 18.2 Å². The van der Waals surface area contributed by atoms with Crippen LogP contribution in [0.1, 0.15) is 40.4 Å². The summed E-state index contributed by atoms with van der Waals surface area (Å²) in [6, 6.07) is 17.1. The topological polar surface area (TPSA) is 23.5 Å². The molecule has 2 aliphatic heterocycles. The molecule has 0 radical (unpaired) electrons. The Hall–Kier alpha value is -1.64. The highest BCUT2D eigenvalue weighted by Gasteiger charge is 2.46. The minimum Gasteiger partial charge on any atom is -0.386 e. The Morgan fingerprint density at radius 2 is 1.33 bits per heavy atom. The van der Waals surface area contributed by atoms with E-state index in [1.54, 1.807) is 0 Å². The first-order chi connectivity index (χ1) is 8.79. The number of aliphatic hydroxyl groups excluding tert-OH is 1. The Morgan fingerprint density at radius 1 is 0.833 bits per heavy atom. The van der Waals surface area contributed by atoms with Gasteiger partial charge in [-0.3, -0.25) is 4.90 Å². The molecule has 0 saturated carbocycles. The number of likely N-dealkylation sites (N-methyl/N-ethyl adjacent to an activating group) is 1. The van der Waals surface area contributed by atoms with E-state index in [-0.39, 0.29) is 6.04 Å². The van der Waals surface area contributed by atoms with Crippen LogP contribution in [-0.2, 0) is 0 Å². The smallest absolute Gasteiger partial charge is 0.0990 e. The lowest BCUT2D eigenvalue weighted by molar-refractivity contribution is 0.0453. The maximum Gasteiger partial charge on any atom is 0.0990 e. The van der Waals surface area contributed by atoms with Crippen LogP contribution in [0.4, 0.5) is 0 Å². The van der Waals surface area contributed by atoms with Crippen molar-refractivity contribution in [3.63, 3.8) is 0 Å². The molecule has 2 heterocycles. The van der Waals surface area contributed by atoms with Crippen LogP contribution in [-0.4, -0.2) is 17.1 Å². The molecule has 0 aromatic heterocycles. The van der Waals surface area contributed by atoms with Gasteiger partial charge in [0, 0.05) is 0 Å². The summed E-state index contributed by atoms with van der Waals surface area (Å²) in [5.74, 6) is 0. The third-order valence-electron chi connectivity index (χ3n) is 4.36. The molecule has 2 aliphatic rings. The van der Waals surface area contributed by atoms with Crippen LogP contribution in [0.2, 0.25) is 0 Å². The van der Waals surface area contributed by atoms with Gasteiger partial charge < -0.3 is 5.11 Å². The van der Waals surface area contributed by atoms with Gasteiger partial charge in [-0.2, -0.15) is 0 Å². The second-order valence-corrected chi connectivity index (χ2v) is 5.22. The fourth-order valence-electron chi connectivity index (χ4n) is 3.61. The van der Waals surface area contributed by atoms with E-state index in [0.29, 0.717) is 6.04 Å². The molecule has 4 rings (SSSR count). The molecule has 0 saturated heterocycles. The van der Waals surface area contributed by atoms with Gasteiger partial charge in [0.05, 0.1) is 18.2 Å². The van der Waals surface area contributed by atoms with Gasteiger partial charge in [0.1, 0.15) is 0 Å². The molecule has 2 bridgehead atoms. The molecule has 0 amide bonds. The number of fused-ring (bicyclic) bond motifs is 7. The molecule has 0 fully saturated rings. The summed E-state index contributed by atoms with van der Waals surface area (Å²) in [5, 5.41) is 10.6. The van der Waals surface area contributed by atoms with Crippen molar-refractivity contribution in [3.05, 3.63) is 70.8 Å². The standard InChI is InChI=1S/C16H15NO/c1-17-14-10-6-2-3-7-11(10)15(17)16(18)13-9-5-4-8-12(13)14/h2-9,14-16,18H,1H3/t14-,15+,16-/m0/s1. The van der Waals surface area contributed by atoms with Gasteiger partial charge in [-0.15, -0.1) is 0 Å². The number of hydrogen-bond acceptors (Lipinski definition) is 2. The van der Waals surface area contributed by atoms with Crippen LogP contribution >= 0.6 is 0 Å². The average Bonchev–Trinajstić information content (AvgIpc) is 2.63. The molecular formula is C16H15NO. The molecule has 90 valence electrons. The highest BCUT2D eigenvalue weighted by molar-refractivity contribution is 5.51. The van der Waals surface area contributed by atoms with E-state index in [4.69, 9.17) is 0 Å². The third kappa shape index (κ3) is 1.10. The van der Waals surface area contributed by atoms with E-state index in [1.165, 1.54) is 16.7 Å². The number of rotatable bonds is 0. The molecular weight excluding hydrogens is 222 g/mol. The SMILES string of the molecule is CN1[C@H]2c3ccccc3[C@@H]1[C@@H](O)c1ccccc12. The Bertz CT molecular complexity index is 622. The maximum absolute atomic E-state index is 10.6. The molecule has 0 aliphatic carbocycles. The van der Waals surface area contributed by atoms with Gasteiger partial charge in [0.25, 0.3) is 0 Å². The first kappa shape index (κ1) is 10.3. The van der Waals surface area contributed by atoms with E-state index in [2.05, 4.69) is 54.4 Å². The molecule has 2 aromatic carbocycles. The van der Waals surface area contributed by atoms with Gasteiger partial charge in [-0.1, -0.05) is 48.5 Å². The van der Waals surface area contributed by atoms with Gasteiger partial charge >= 0.3 is 0 Å². The zero-order valence-corrected chi connectivity index (χ0v) is 10.2. The van der Waals surface area contributed by atoms with Crippen molar-refractivity contribution < 1.29 is 5.11 Å². The van der Waals surface area contributed by atoms with Crippen LogP contribution in [0.5, 0.6) is 0 Å². The second kappa shape index (κ2) is 3.44. The normalized spacial score (nSPS) is 28.9. The molecule has 0 unspecified atom stereocenters. The second-order valence-electron chi connectivity index (χ2n) is 5.22. The van der Waals surface area contributed by atoms with Crippen molar-refractivity contribution in [3.8, 4) is 0 Å². The zero-order chi connectivity index (χ0) is 12.3. The fraction of sp³-hybridized carbons (Fsp3) is 0.250. The highest BCUT2D eigenvalue weighted by Crippen LogP contribution is 2.54. The van der Waals surface area contributed by atoms with Crippen molar-refractivity contribution in [1.29, 1.82) is 0 Å². The summed E-state index contributed by atoms with van der Waals surface area (Å²) in [7, 11) is 2.11. The number of hydrogen-bond donors (Lipinski definition) is 1. The van der Waals surface area contributed by atoms with Crippen molar-refractivity contribution >= 4 is 0 Å². The lowest BCUT2D eigenvalue weighted by Gasteiger charge is -2.37. The zero-order valence-electron chi connectivity index (χ0n) is 10.2. The van der Waals surface area contributed by atoms with Crippen molar-refractivity contribution in [1.82, 2.24) is 4.90 Å². The summed E-state index contributed by atoms with van der Waals surface area (Å²) in [5.41, 5.74) is 4.94. The van der Waals surface area contributed by atoms with Crippen LogP contribution in [0, 0.1) is 0 Å². The summed E-state index contributed by atoms with van der Waals surface area (Å²) in [6.07, 6.45) is -0.425. The van der Waals surface area contributed by atoms with Gasteiger partial charge in [-0.25, -0.2) is 0 Å².